The van der Waals surface area contributed by atoms with Crippen LogP contribution < -0.4 is 4.81 Å². The van der Waals surface area contributed by atoms with E-state index in [4.69, 9.17) is 0 Å². The minimum absolute atomic E-state index is 0.509. The third-order valence-electron chi connectivity index (χ3n) is 3.01. The van der Waals surface area contributed by atoms with Crippen LogP contribution in [0.15, 0.2) is 53.5 Å². The van der Waals surface area contributed by atoms with E-state index in [-0.39, 0.29) is 0 Å². The van der Waals surface area contributed by atoms with E-state index >= 15 is 0 Å². The Bertz CT molecular complexity index is 441. The minimum Gasteiger partial charge on any atom is -0.414 e. The molecule has 1 aromatic rings. The van der Waals surface area contributed by atoms with Crippen molar-refractivity contribution in [2.24, 2.45) is 0 Å². The molecule has 1 aliphatic heterocycles. The second-order valence-corrected chi connectivity index (χ2v) is 5.14. The molecule has 0 fully saturated rings. The molecule has 2 atom stereocenters. The lowest BCUT2D eigenvalue weighted by molar-refractivity contribution is 0.815. The molecule has 1 heterocycles. The van der Waals surface area contributed by atoms with Crippen LogP contribution in [0.2, 0.25) is 0 Å². The summed E-state index contributed by atoms with van der Waals surface area (Å²) in [6.45, 7) is 0. The Morgan fingerprint density at radius 1 is 1.13 bits per heavy atom. The van der Waals surface area contributed by atoms with Crippen molar-refractivity contribution in [3.8, 4) is 0 Å². The first-order chi connectivity index (χ1) is 7.36. The van der Waals surface area contributed by atoms with Crippen molar-refractivity contribution < 1.29 is 0 Å². The number of fused-ring (bicyclic) bond motifs is 2. The standard InChI is InChI=1S/C12H12BNS/c13-14-9-5-1-3-7-11(9)15-12-8-4-2-6-10(12)14/h1-9,11H,13H2. The van der Waals surface area contributed by atoms with Crippen LogP contribution in [0.25, 0.3) is 0 Å². The second kappa shape index (κ2) is 3.49. The van der Waals surface area contributed by atoms with Crippen molar-refractivity contribution in [2.45, 2.75) is 16.2 Å². The maximum atomic E-state index is 2.37. The monoisotopic (exact) mass is 213 g/mol. The van der Waals surface area contributed by atoms with E-state index in [9.17, 15) is 0 Å². The van der Waals surface area contributed by atoms with Crippen LogP contribution in [0, 0.1) is 0 Å². The van der Waals surface area contributed by atoms with E-state index in [0.29, 0.717) is 11.3 Å². The summed E-state index contributed by atoms with van der Waals surface area (Å²) in [5, 5.41) is 0.565. The molecule has 3 rings (SSSR count). The maximum Gasteiger partial charge on any atom is 0.218 e. The van der Waals surface area contributed by atoms with Gasteiger partial charge in [-0.3, -0.25) is 0 Å². The Morgan fingerprint density at radius 3 is 2.87 bits per heavy atom. The van der Waals surface area contributed by atoms with Gasteiger partial charge in [0.2, 0.25) is 7.98 Å². The highest BCUT2D eigenvalue weighted by molar-refractivity contribution is 8.00. The molecule has 0 spiro atoms. The topological polar surface area (TPSA) is 3.24 Å². The Balaban J connectivity index is 2.07. The highest BCUT2D eigenvalue weighted by Crippen LogP contribution is 2.42. The van der Waals surface area contributed by atoms with Gasteiger partial charge < -0.3 is 4.81 Å². The molecule has 0 saturated heterocycles. The second-order valence-electron chi connectivity index (χ2n) is 3.92. The number of para-hydroxylation sites is 1. The third-order valence-corrected chi connectivity index (χ3v) is 4.32. The lowest BCUT2D eigenvalue weighted by Crippen LogP contribution is -2.42. The molecule has 2 aliphatic rings. The summed E-state index contributed by atoms with van der Waals surface area (Å²) in [5.74, 6) is 0. The fourth-order valence-corrected chi connectivity index (χ4v) is 3.55. The summed E-state index contributed by atoms with van der Waals surface area (Å²) in [6.07, 6.45) is 8.87. The summed E-state index contributed by atoms with van der Waals surface area (Å²) in [7, 11) is 2.18. The fourth-order valence-electron chi connectivity index (χ4n) is 2.19. The van der Waals surface area contributed by atoms with Gasteiger partial charge in [0.1, 0.15) is 0 Å². The molecule has 3 heteroatoms. The predicted molar refractivity (Wildman–Crippen MR) is 69.2 cm³/mol. The van der Waals surface area contributed by atoms with E-state index in [2.05, 4.69) is 61.4 Å². The average molecular weight is 213 g/mol. The zero-order chi connectivity index (χ0) is 10.3. The lowest BCUT2D eigenvalue weighted by atomic mass is 10.0. The molecule has 1 aliphatic carbocycles. The van der Waals surface area contributed by atoms with Crippen LogP contribution in [0.1, 0.15) is 0 Å². The Hall–Kier alpha value is -1.09. The molecule has 0 aromatic heterocycles. The molecular weight excluding hydrogens is 201 g/mol. The van der Waals surface area contributed by atoms with Crippen molar-refractivity contribution in [1.82, 2.24) is 0 Å². The maximum absolute atomic E-state index is 2.37. The molecule has 15 heavy (non-hydrogen) atoms. The van der Waals surface area contributed by atoms with E-state index in [1.165, 1.54) is 10.6 Å². The van der Waals surface area contributed by atoms with E-state index in [0.717, 1.165) is 0 Å². The largest absolute Gasteiger partial charge is 0.414 e. The van der Waals surface area contributed by atoms with Gasteiger partial charge in [0.05, 0.1) is 11.3 Å². The molecule has 2 unspecified atom stereocenters. The first-order valence-electron chi connectivity index (χ1n) is 5.20. The quantitative estimate of drug-likeness (QED) is 0.606. The van der Waals surface area contributed by atoms with Crippen LogP contribution in [-0.2, 0) is 0 Å². The van der Waals surface area contributed by atoms with Crippen molar-refractivity contribution >= 4 is 25.4 Å². The van der Waals surface area contributed by atoms with Crippen LogP contribution in [-0.4, -0.2) is 19.3 Å². The van der Waals surface area contributed by atoms with Crippen molar-refractivity contribution in [1.29, 1.82) is 0 Å². The molecule has 0 saturated carbocycles. The van der Waals surface area contributed by atoms with Crippen molar-refractivity contribution in [3.63, 3.8) is 0 Å². The molecule has 1 nitrogen and oxygen atoms in total. The van der Waals surface area contributed by atoms with Gasteiger partial charge in [-0.15, -0.1) is 11.8 Å². The van der Waals surface area contributed by atoms with Crippen LogP contribution in [0.5, 0.6) is 0 Å². The summed E-state index contributed by atoms with van der Waals surface area (Å²) < 4.78 is 0. The van der Waals surface area contributed by atoms with Crippen LogP contribution in [0.3, 0.4) is 0 Å². The highest BCUT2D eigenvalue weighted by Gasteiger charge is 2.29. The van der Waals surface area contributed by atoms with Gasteiger partial charge in [0, 0.05) is 10.6 Å². The van der Waals surface area contributed by atoms with Gasteiger partial charge in [-0.1, -0.05) is 36.4 Å². The van der Waals surface area contributed by atoms with Gasteiger partial charge in [0.15, 0.2) is 0 Å². The Morgan fingerprint density at radius 2 is 1.93 bits per heavy atom. The predicted octanol–water partition coefficient (Wildman–Crippen LogP) is 2.01. The number of hydrogen-bond donors (Lipinski definition) is 0. The van der Waals surface area contributed by atoms with Crippen LogP contribution >= 0.6 is 11.8 Å². The summed E-state index contributed by atoms with van der Waals surface area (Å²) in [4.78, 5) is 3.76. The molecular formula is C12H12BNS. The SMILES string of the molecule is BN1c2ccccc2SC2C=CC=CC21. The number of allylic oxidation sites excluding steroid dienone is 2. The van der Waals surface area contributed by atoms with E-state index in [1.807, 2.05) is 11.8 Å². The molecule has 74 valence electrons. The van der Waals surface area contributed by atoms with Crippen molar-refractivity contribution in [2.75, 3.05) is 4.81 Å². The van der Waals surface area contributed by atoms with Gasteiger partial charge in [-0.25, -0.2) is 0 Å². The molecule has 0 radical (unpaired) electrons. The zero-order valence-electron chi connectivity index (χ0n) is 8.63. The first-order valence-corrected chi connectivity index (χ1v) is 6.08. The summed E-state index contributed by atoms with van der Waals surface area (Å²) >= 11 is 1.96. The third kappa shape index (κ3) is 1.42. The van der Waals surface area contributed by atoms with Gasteiger partial charge in [-0.05, 0) is 12.1 Å². The van der Waals surface area contributed by atoms with Crippen molar-refractivity contribution in [3.05, 3.63) is 48.6 Å². The number of hydrogen-bond acceptors (Lipinski definition) is 2. The Kier molecular flexibility index (Phi) is 2.13. The number of thioether (sulfide) groups is 1. The number of nitrogens with zero attached hydrogens (tertiary/aromatic N) is 1. The summed E-state index contributed by atoms with van der Waals surface area (Å²) in [5.41, 5.74) is 1.35. The highest BCUT2D eigenvalue weighted by atomic mass is 32.2. The number of benzene rings is 1. The van der Waals surface area contributed by atoms with Crippen LogP contribution in [0.4, 0.5) is 5.69 Å². The fraction of sp³-hybridized carbons (Fsp3) is 0.167. The summed E-state index contributed by atoms with van der Waals surface area (Å²) in [6, 6.07) is 9.14. The molecule has 1 aromatic carbocycles. The molecule has 0 amide bonds. The minimum atomic E-state index is 0.509. The number of rotatable bonds is 0. The first kappa shape index (κ1) is 9.16. The van der Waals surface area contributed by atoms with Gasteiger partial charge >= 0.3 is 0 Å². The smallest absolute Gasteiger partial charge is 0.218 e. The lowest BCUT2D eigenvalue weighted by Gasteiger charge is -2.40. The normalized spacial score (nSPS) is 27.3. The van der Waals surface area contributed by atoms with Gasteiger partial charge in [0.25, 0.3) is 0 Å². The molecule has 0 N–H and O–H groups in total. The Labute approximate surface area is 95.3 Å². The number of anilines is 1. The van der Waals surface area contributed by atoms with Gasteiger partial charge in [-0.2, -0.15) is 0 Å². The van der Waals surface area contributed by atoms with E-state index < -0.39 is 0 Å². The van der Waals surface area contributed by atoms with E-state index in [1.54, 1.807) is 0 Å². The average Bonchev–Trinajstić information content (AvgIpc) is 2.30. The zero-order valence-corrected chi connectivity index (χ0v) is 9.45. The molecule has 0 bridgehead atoms.